The fourth-order valence-corrected chi connectivity index (χ4v) is 4.51. The van der Waals surface area contributed by atoms with Gasteiger partial charge in [0, 0.05) is 43.0 Å². The van der Waals surface area contributed by atoms with Crippen LogP contribution in [0.3, 0.4) is 0 Å². The van der Waals surface area contributed by atoms with Crippen molar-refractivity contribution in [2.24, 2.45) is 0 Å². The summed E-state index contributed by atoms with van der Waals surface area (Å²) in [5.41, 5.74) is 0. The third-order valence-electron chi connectivity index (χ3n) is 4.56. The lowest BCUT2D eigenvalue weighted by Crippen LogP contribution is -2.36. The third kappa shape index (κ3) is 5.32. The molecule has 3 rings (SSSR count). The van der Waals surface area contributed by atoms with E-state index in [-0.39, 0.29) is 17.8 Å². The van der Waals surface area contributed by atoms with E-state index in [0.29, 0.717) is 36.0 Å². The molecule has 2 fully saturated rings. The van der Waals surface area contributed by atoms with Gasteiger partial charge in [-0.1, -0.05) is 13.3 Å². The Labute approximate surface area is 152 Å². The summed E-state index contributed by atoms with van der Waals surface area (Å²) >= 11 is 1.94. The van der Waals surface area contributed by atoms with Crippen LogP contribution < -0.4 is 10.6 Å². The largest absolute Gasteiger partial charge is 0.332 e. The summed E-state index contributed by atoms with van der Waals surface area (Å²) in [6.45, 7) is 1.92. The van der Waals surface area contributed by atoms with Crippen molar-refractivity contribution in [3.8, 4) is 0 Å². The quantitative estimate of drug-likeness (QED) is 0.418. The van der Waals surface area contributed by atoms with E-state index in [2.05, 4.69) is 10.6 Å². The molecule has 0 aliphatic carbocycles. The molecule has 3 aliphatic rings. The number of nitrogens with one attached hydrogen (secondary N) is 2. The molecule has 25 heavy (non-hydrogen) atoms. The lowest BCUT2D eigenvalue weighted by atomic mass is 10.0. The summed E-state index contributed by atoms with van der Waals surface area (Å²) in [5, 5.41) is 6.45. The van der Waals surface area contributed by atoms with Gasteiger partial charge in [-0.25, -0.2) is 4.79 Å². The molecule has 4 amide bonds. The summed E-state index contributed by atoms with van der Waals surface area (Å²) < 4.78 is 0. The Bertz CT molecular complexity index is 560. The number of rotatable bonds is 6. The average molecular weight is 367 g/mol. The van der Waals surface area contributed by atoms with Gasteiger partial charge in [-0.3, -0.25) is 19.3 Å². The van der Waals surface area contributed by atoms with Gasteiger partial charge in [-0.15, -0.1) is 0 Å². The minimum absolute atomic E-state index is 0.0218. The van der Waals surface area contributed by atoms with Crippen LogP contribution in [-0.4, -0.2) is 58.7 Å². The molecule has 0 saturated carbocycles. The first-order valence-corrected chi connectivity index (χ1v) is 9.67. The van der Waals surface area contributed by atoms with Crippen LogP contribution in [0, 0.1) is 0 Å². The second-order valence-corrected chi connectivity index (χ2v) is 7.60. The van der Waals surface area contributed by atoms with Crippen molar-refractivity contribution in [3.05, 3.63) is 12.2 Å². The van der Waals surface area contributed by atoms with E-state index in [1.807, 2.05) is 18.7 Å². The van der Waals surface area contributed by atoms with Gasteiger partial charge in [0.2, 0.25) is 0 Å². The van der Waals surface area contributed by atoms with Crippen LogP contribution >= 0.6 is 11.8 Å². The number of Topliss-reactive ketones (excluding diaryl/α,β-unsaturated/α-hetero) is 1. The van der Waals surface area contributed by atoms with Crippen LogP contribution in [0.25, 0.3) is 0 Å². The monoisotopic (exact) mass is 367 g/mol. The maximum absolute atomic E-state index is 11.2. The first kappa shape index (κ1) is 19.5. The smallest absolute Gasteiger partial charge is 0.315 e. The fraction of sp³-hybridized carbons (Fsp3) is 0.647. The van der Waals surface area contributed by atoms with Gasteiger partial charge in [0.15, 0.2) is 0 Å². The van der Waals surface area contributed by atoms with E-state index in [4.69, 9.17) is 0 Å². The van der Waals surface area contributed by atoms with E-state index < -0.39 is 0 Å². The van der Waals surface area contributed by atoms with Crippen molar-refractivity contribution in [3.63, 3.8) is 0 Å². The van der Waals surface area contributed by atoms with Crippen molar-refractivity contribution in [2.45, 2.75) is 56.4 Å². The van der Waals surface area contributed by atoms with Gasteiger partial charge in [-0.05, 0) is 12.8 Å². The predicted octanol–water partition coefficient (Wildman–Crippen LogP) is 1.23. The Morgan fingerprint density at radius 3 is 2.44 bits per heavy atom. The maximum atomic E-state index is 11.2. The van der Waals surface area contributed by atoms with Crippen molar-refractivity contribution < 1.29 is 19.2 Å². The van der Waals surface area contributed by atoms with Gasteiger partial charge in [0.1, 0.15) is 5.78 Å². The lowest BCUT2D eigenvalue weighted by molar-refractivity contribution is -0.135. The molecule has 138 valence electrons. The number of thioether (sulfide) groups is 1. The molecule has 0 bridgehead atoms. The van der Waals surface area contributed by atoms with E-state index in [0.717, 1.165) is 29.9 Å². The minimum atomic E-state index is -0.241. The van der Waals surface area contributed by atoms with Gasteiger partial charge in [0.05, 0.1) is 12.1 Å². The van der Waals surface area contributed by atoms with Crippen molar-refractivity contribution in [2.75, 3.05) is 12.8 Å². The summed E-state index contributed by atoms with van der Waals surface area (Å²) in [4.78, 5) is 44.2. The molecular weight excluding hydrogens is 342 g/mol. The van der Waals surface area contributed by atoms with Crippen molar-refractivity contribution >= 4 is 35.4 Å². The molecule has 2 saturated heterocycles. The van der Waals surface area contributed by atoms with E-state index in [9.17, 15) is 19.2 Å². The number of hydrogen-bond donors (Lipinski definition) is 2. The SMILES string of the molecule is CCC(=O)CCCCC1SCC2NC(=O)NC21.CN1C(=O)C=CC1=O. The number of urea groups is 1. The van der Waals surface area contributed by atoms with E-state index in [1.54, 1.807) is 0 Å². The van der Waals surface area contributed by atoms with Gasteiger partial charge >= 0.3 is 6.03 Å². The van der Waals surface area contributed by atoms with E-state index in [1.165, 1.54) is 19.2 Å². The molecule has 0 aromatic carbocycles. The topological polar surface area (TPSA) is 95.6 Å². The molecular formula is C17H25N3O4S. The fourth-order valence-electron chi connectivity index (χ4n) is 2.96. The zero-order chi connectivity index (χ0) is 18.4. The molecule has 7 nitrogen and oxygen atoms in total. The highest BCUT2D eigenvalue weighted by atomic mass is 32.2. The Morgan fingerprint density at radius 1 is 1.20 bits per heavy atom. The van der Waals surface area contributed by atoms with Crippen LogP contribution in [0.5, 0.6) is 0 Å². The number of amides is 4. The highest BCUT2D eigenvalue weighted by molar-refractivity contribution is 8.00. The average Bonchev–Trinajstić information content (AvgIpc) is 3.23. The number of ketones is 1. The van der Waals surface area contributed by atoms with Crippen LogP contribution in [0.4, 0.5) is 4.79 Å². The van der Waals surface area contributed by atoms with Crippen LogP contribution in [0.2, 0.25) is 0 Å². The normalized spacial score (nSPS) is 26.9. The number of fused-ring (bicyclic) bond motifs is 1. The number of unbranched alkanes of at least 4 members (excludes halogenated alkanes) is 1. The first-order valence-electron chi connectivity index (χ1n) is 8.62. The molecule has 8 heteroatoms. The Morgan fingerprint density at radius 2 is 1.88 bits per heavy atom. The second-order valence-electron chi connectivity index (χ2n) is 6.33. The number of carbonyl (C=O) groups is 4. The molecule has 0 spiro atoms. The zero-order valence-electron chi connectivity index (χ0n) is 14.6. The van der Waals surface area contributed by atoms with E-state index >= 15 is 0 Å². The Kier molecular flexibility index (Phi) is 7.04. The van der Waals surface area contributed by atoms with Crippen molar-refractivity contribution in [1.29, 1.82) is 0 Å². The maximum Gasteiger partial charge on any atom is 0.315 e. The Hall–Kier alpha value is -1.83. The number of imide groups is 1. The molecule has 0 aromatic heterocycles. The predicted molar refractivity (Wildman–Crippen MR) is 96.2 cm³/mol. The zero-order valence-corrected chi connectivity index (χ0v) is 15.4. The lowest BCUT2D eigenvalue weighted by Gasteiger charge is -2.16. The summed E-state index contributed by atoms with van der Waals surface area (Å²) in [6, 6.07) is 0.593. The third-order valence-corrected chi connectivity index (χ3v) is 6.07. The summed E-state index contributed by atoms with van der Waals surface area (Å²) in [6.07, 6.45) is 7.05. The van der Waals surface area contributed by atoms with Gasteiger partial charge in [0.25, 0.3) is 11.8 Å². The standard InChI is InChI=1S/C12H20N2O2S.C5H5NO2/c1-2-8(15)5-3-4-6-10-11-9(7-17-10)13-12(16)14-11;1-6-4(7)2-3-5(6)8/h9-11H,2-7H2,1H3,(H2,13,14,16);2-3H,1H3. The van der Waals surface area contributed by atoms with Gasteiger partial charge in [-0.2, -0.15) is 11.8 Å². The number of nitrogens with zero attached hydrogens (tertiary/aromatic N) is 1. The molecule has 0 radical (unpaired) electrons. The molecule has 2 N–H and O–H groups in total. The molecule has 3 unspecified atom stereocenters. The summed E-state index contributed by atoms with van der Waals surface area (Å²) in [7, 11) is 1.45. The number of carbonyl (C=O) groups excluding carboxylic acids is 4. The minimum Gasteiger partial charge on any atom is -0.332 e. The Balaban J connectivity index is 0.000000236. The first-order chi connectivity index (χ1) is 11.9. The number of hydrogen-bond acceptors (Lipinski definition) is 5. The van der Waals surface area contributed by atoms with Crippen LogP contribution in [-0.2, 0) is 14.4 Å². The van der Waals surface area contributed by atoms with Crippen molar-refractivity contribution in [1.82, 2.24) is 15.5 Å². The van der Waals surface area contributed by atoms with Crippen LogP contribution in [0.1, 0.15) is 39.0 Å². The highest BCUT2D eigenvalue weighted by Gasteiger charge is 2.42. The summed E-state index contributed by atoms with van der Waals surface area (Å²) in [5.74, 6) is 0.893. The van der Waals surface area contributed by atoms with Gasteiger partial charge < -0.3 is 10.6 Å². The van der Waals surface area contributed by atoms with Crippen LogP contribution in [0.15, 0.2) is 12.2 Å². The highest BCUT2D eigenvalue weighted by Crippen LogP contribution is 2.33. The molecule has 0 aromatic rings. The molecule has 3 atom stereocenters. The second kappa shape index (κ2) is 9.03. The molecule has 3 aliphatic heterocycles. The molecule has 3 heterocycles. The number of likely N-dealkylation sites (N-methyl/N-ethyl adjacent to an activating group) is 1.